The normalized spacial score (nSPS) is 13.5. The predicted molar refractivity (Wildman–Crippen MR) is 110 cm³/mol. The zero-order valence-electron chi connectivity index (χ0n) is 15.8. The lowest BCUT2D eigenvalue weighted by Crippen LogP contribution is -2.34. The van der Waals surface area contributed by atoms with Crippen molar-refractivity contribution < 1.29 is 27.7 Å². The number of fused-ring (bicyclic) bond motifs is 1. The number of nitro groups is 1. The summed E-state index contributed by atoms with van der Waals surface area (Å²) in [6.07, 6.45) is 2.36. The van der Waals surface area contributed by atoms with E-state index in [0.29, 0.717) is 30.6 Å². The quantitative estimate of drug-likeness (QED) is 0.285. The van der Waals surface area contributed by atoms with Crippen LogP contribution >= 0.6 is 11.6 Å². The molecule has 0 spiro atoms. The van der Waals surface area contributed by atoms with E-state index in [2.05, 4.69) is 0 Å². The molecule has 11 heteroatoms. The van der Waals surface area contributed by atoms with Crippen molar-refractivity contribution >= 4 is 44.8 Å². The molecule has 3 rings (SSSR count). The van der Waals surface area contributed by atoms with Crippen molar-refractivity contribution in [3.05, 3.63) is 68.2 Å². The number of benzene rings is 2. The van der Waals surface area contributed by atoms with E-state index in [-0.39, 0.29) is 21.8 Å². The number of aryl methyl sites for hydroxylation is 1. The van der Waals surface area contributed by atoms with Crippen LogP contribution in [0.5, 0.6) is 0 Å². The molecule has 0 fully saturated rings. The number of ketones is 1. The molecule has 0 atom stereocenters. The minimum Gasteiger partial charge on any atom is -0.454 e. The summed E-state index contributed by atoms with van der Waals surface area (Å²) in [7, 11) is -3.42. The summed E-state index contributed by atoms with van der Waals surface area (Å²) >= 11 is 5.90. The Bertz CT molecular complexity index is 1150. The highest BCUT2D eigenvalue weighted by Gasteiger charge is 2.25. The standard InChI is InChI=1S/C19H17ClN2O7S/c1-30(27,28)21-8-2-3-12-9-13(4-7-17(12)21)18(23)11-29-19(24)15-10-14(22(25)26)5-6-16(15)20/h4-7,9-10H,2-3,8,11H2,1H3. The van der Waals surface area contributed by atoms with Crippen molar-refractivity contribution in [2.75, 3.05) is 23.7 Å². The lowest BCUT2D eigenvalue weighted by Gasteiger charge is -2.29. The maximum absolute atomic E-state index is 12.5. The van der Waals surface area contributed by atoms with Gasteiger partial charge in [-0.2, -0.15) is 0 Å². The first-order chi connectivity index (χ1) is 14.1. The number of rotatable bonds is 6. The van der Waals surface area contributed by atoms with Crippen LogP contribution in [0.15, 0.2) is 36.4 Å². The van der Waals surface area contributed by atoms with Crippen LogP contribution in [0, 0.1) is 10.1 Å². The molecular formula is C19H17ClN2O7S. The minimum atomic E-state index is -3.42. The Kier molecular flexibility index (Phi) is 6.09. The number of sulfonamides is 1. The van der Waals surface area contributed by atoms with Crippen LogP contribution in [0.25, 0.3) is 0 Å². The SMILES string of the molecule is CS(=O)(=O)N1CCCc2cc(C(=O)COC(=O)c3cc([N+](=O)[O-])ccc3Cl)ccc21. The number of anilines is 1. The van der Waals surface area contributed by atoms with E-state index in [4.69, 9.17) is 16.3 Å². The van der Waals surface area contributed by atoms with E-state index in [1.54, 1.807) is 12.1 Å². The van der Waals surface area contributed by atoms with Crippen molar-refractivity contribution in [3.63, 3.8) is 0 Å². The third-order valence-electron chi connectivity index (χ3n) is 4.59. The fourth-order valence-electron chi connectivity index (χ4n) is 3.16. The Hall–Kier alpha value is -2.98. The van der Waals surface area contributed by atoms with Gasteiger partial charge in [0, 0.05) is 24.2 Å². The molecule has 1 heterocycles. The van der Waals surface area contributed by atoms with Crippen LogP contribution in [0.1, 0.15) is 32.7 Å². The lowest BCUT2D eigenvalue weighted by atomic mass is 9.99. The molecule has 0 saturated heterocycles. The molecule has 0 aliphatic carbocycles. The molecule has 0 bridgehead atoms. The van der Waals surface area contributed by atoms with Gasteiger partial charge in [-0.15, -0.1) is 0 Å². The molecule has 2 aromatic rings. The smallest absolute Gasteiger partial charge is 0.340 e. The van der Waals surface area contributed by atoms with Gasteiger partial charge in [0.05, 0.1) is 27.5 Å². The predicted octanol–water partition coefficient (Wildman–Crippen LogP) is 3.00. The van der Waals surface area contributed by atoms with E-state index in [9.17, 15) is 28.1 Å². The highest BCUT2D eigenvalue weighted by Crippen LogP contribution is 2.30. The number of hydrogen-bond acceptors (Lipinski definition) is 7. The number of hydrogen-bond donors (Lipinski definition) is 0. The number of Topliss-reactive ketones (excluding diaryl/α,β-unsaturated/α-hetero) is 1. The third kappa shape index (κ3) is 4.60. The molecule has 158 valence electrons. The number of non-ortho nitro benzene ring substituents is 1. The monoisotopic (exact) mass is 452 g/mol. The van der Waals surface area contributed by atoms with Gasteiger partial charge in [0.2, 0.25) is 10.0 Å². The molecule has 0 aromatic heterocycles. The number of halogens is 1. The first-order valence-corrected chi connectivity index (χ1v) is 11.1. The summed E-state index contributed by atoms with van der Waals surface area (Å²) in [4.78, 5) is 34.8. The average Bonchev–Trinajstić information content (AvgIpc) is 2.70. The summed E-state index contributed by atoms with van der Waals surface area (Å²) in [6, 6.07) is 7.95. The maximum atomic E-state index is 12.5. The van der Waals surface area contributed by atoms with Crippen LogP contribution in [-0.2, 0) is 21.2 Å². The topological polar surface area (TPSA) is 124 Å². The summed E-state index contributed by atoms with van der Waals surface area (Å²) in [5.74, 6) is -1.46. The Morgan fingerprint density at radius 2 is 1.97 bits per heavy atom. The van der Waals surface area contributed by atoms with Gasteiger partial charge in [-0.25, -0.2) is 13.2 Å². The van der Waals surface area contributed by atoms with E-state index < -0.39 is 33.3 Å². The second-order valence-electron chi connectivity index (χ2n) is 6.70. The van der Waals surface area contributed by atoms with Crippen molar-refractivity contribution in [1.82, 2.24) is 0 Å². The number of nitro benzene ring substituents is 1. The first-order valence-electron chi connectivity index (χ1n) is 8.83. The van der Waals surface area contributed by atoms with Crippen molar-refractivity contribution in [3.8, 4) is 0 Å². The molecule has 0 saturated carbocycles. The maximum Gasteiger partial charge on any atom is 0.340 e. The van der Waals surface area contributed by atoms with Crippen molar-refractivity contribution in [2.45, 2.75) is 12.8 Å². The van der Waals surface area contributed by atoms with Crippen molar-refractivity contribution in [2.24, 2.45) is 0 Å². The molecule has 1 aliphatic rings. The van der Waals surface area contributed by atoms with Gasteiger partial charge in [0.1, 0.15) is 0 Å². The van der Waals surface area contributed by atoms with Gasteiger partial charge in [-0.1, -0.05) is 11.6 Å². The molecule has 0 amide bonds. The van der Waals surface area contributed by atoms with Gasteiger partial charge in [0.15, 0.2) is 12.4 Å². The molecule has 30 heavy (non-hydrogen) atoms. The number of esters is 1. The number of carbonyl (C=O) groups excluding carboxylic acids is 2. The average molecular weight is 453 g/mol. The molecule has 1 aliphatic heterocycles. The van der Waals surface area contributed by atoms with Gasteiger partial charge >= 0.3 is 5.97 Å². The number of ether oxygens (including phenoxy) is 1. The molecule has 2 aromatic carbocycles. The zero-order chi connectivity index (χ0) is 22.1. The highest BCUT2D eigenvalue weighted by molar-refractivity contribution is 7.92. The van der Waals surface area contributed by atoms with E-state index in [0.717, 1.165) is 18.4 Å². The van der Waals surface area contributed by atoms with E-state index in [1.807, 2.05) is 0 Å². The Labute approximate surface area is 177 Å². The third-order valence-corrected chi connectivity index (χ3v) is 6.10. The number of carbonyl (C=O) groups is 2. The van der Waals surface area contributed by atoms with Gasteiger partial charge in [0.25, 0.3) is 5.69 Å². The largest absolute Gasteiger partial charge is 0.454 e. The minimum absolute atomic E-state index is 0.0345. The van der Waals surface area contributed by atoms with E-state index in [1.165, 1.54) is 16.4 Å². The summed E-state index contributed by atoms with van der Waals surface area (Å²) < 4.78 is 30.1. The van der Waals surface area contributed by atoms with Gasteiger partial charge in [-0.05, 0) is 42.7 Å². The summed E-state index contributed by atoms with van der Waals surface area (Å²) in [5, 5.41) is 10.8. The van der Waals surface area contributed by atoms with Crippen LogP contribution < -0.4 is 4.31 Å². The van der Waals surface area contributed by atoms with Crippen LogP contribution in [0.4, 0.5) is 11.4 Å². The van der Waals surface area contributed by atoms with Gasteiger partial charge < -0.3 is 4.74 Å². The first kappa shape index (κ1) is 21.7. The van der Waals surface area contributed by atoms with E-state index >= 15 is 0 Å². The van der Waals surface area contributed by atoms with Crippen LogP contribution in [-0.4, -0.2) is 44.5 Å². The zero-order valence-corrected chi connectivity index (χ0v) is 17.4. The number of nitrogens with zero attached hydrogens (tertiary/aromatic N) is 2. The molecule has 0 unspecified atom stereocenters. The molecular weight excluding hydrogens is 436 g/mol. The summed E-state index contributed by atoms with van der Waals surface area (Å²) in [6.45, 7) is -0.215. The second kappa shape index (κ2) is 8.41. The van der Waals surface area contributed by atoms with Crippen LogP contribution in [0.2, 0.25) is 5.02 Å². The Balaban J connectivity index is 1.74. The molecule has 0 N–H and O–H groups in total. The molecule has 9 nitrogen and oxygen atoms in total. The Morgan fingerprint density at radius 1 is 1.23 bits per heavy atom. The fraction of sp³-hybridized carbons (Fsp3) is 0.263. The molecule has 0 radical (unpaired) electrons. The lowest BCUT2D eigenvalue weighted by molar-refractivity contribution is -0.384. The fourth-order valence-corrected chi connectivity index (χ4v) is 4.35. The van der Waals surface area contributed by atoms with Crippen LogP contribution in [0.3, 0.4) is 0 Å². The van der Waals surface area contributed by atoms with Crippen molar-refractivity contribution in [1.29, 1.82) is 0 Å². The summed E-state index contributed by atoms with van der Waals surface area (Å²) in [5.41, 5.74) is 0.962. The highest BCUT2D eigenvalue weighted by atomic mass is 35.5. The van der Waals surface area contributed by atoms with Gasteiger partial charge in [-0.3, -0.25) is 19.2 Å². The second-order valence-corrected chi connectivity index (χ2v) is 9.02. The Morgan fingerprint density at radius 3 is 2.63 bits per heavy atom.